The van der Waals surface area contributed by atoms with E-state index in [1.807, 2.05) is 25.7 Å². The summed E-state index contributed by atoms with van der Waals surface area (Å²) in [6.07, 6.45) is 4.14. The first-order chi connectivity index (χ1) is 18.4. The number of Topliss-reactive ketones (excluding diaryl/α,β-unsaturated/α-hetero) is 1. The van der Waals surface area contributed by atoms with Crippen LogP contribution in [-0.4, -0.2) is 85.5 Å². The first-order valence-electron chi connectivity index (χ1n) is 14.5. The highest BCUT2D eigenvalue weighted by molar-refractivity contribution is 5.81. The molecule has 0 spiro atoms. The zero-order chi connectivity index (χ0) is 28.6. The fourth-order valence-electron chi connectivity index (χ4n) is 5.64. The van der Waals surface area contributed by atoms with Gasteiger partial charge in [-0.05, 0) is 36.0 Å². The topological polar surface area (TPSA) is 105 Å². The Morgan fingerprint density at radius 2 is 1.64 bits per heavy atom. The molecule has 4 atom stereocenters. The number of nitrogens with zero attached hydrogens (tertiary/aromatic N) is 2. The van der Waals surface area contributed by atoms with Gasteiger partial charge in [-0.2, -0.15) is 0 Å². The molecule has 9 nitrogen and oxygen atoms in total. The Balaban J connectivity index is 1.42. The lowest BCUT2D eigenvalue weighted by molar-refractivity contribution is -0.150. The maximum absolute atomic E-state index is 12.9. The molecule has 0 bridgehead atoms. The van der Waals surface area contributed by atoms with Crippen LogP contribution in [-0.2, 0) is 23.9 Å². The van der Waals surface area contributed by atoms with Crippen molar-refractivity contribution in [3.05, 3.63) is 0 Å². The summed E-state index contributed by atoms with van der Waals surface area (Å²) in [5.41, 5.74) is -0.104. The minimum Gasteiger partial charge on any atom is -0.464 e. The van der Waals surface area contributed by atoms with Gasteiger partial charge in [0.05, 0.1) is 25.1 Å². The van der Waals surface area contributed by atoms with E-state index in [2.05, 4.69) is 17.2 Å². The quantitative estimate of drug-likeness (QED) is 0.314. The van der Waals surface area contributed by atoms with Crippen LogP contribution >= 0.6 is 0 Å². The lowest BCUT2D eigenvalue weighted by Gasteiger charge is -2.41. The molecule has 218 valence electrons. The fraction of sp³-hybridized carbons (Fsp3) is 0.800. The number of carbonyl (C=O) groups excluding carboxylic acids is 4. The SMILES string of the molecule is CC(C)C(=O)OCC1CN(C(=O)CCNC(=O)OCC2[C@H]3CCC#CCC[C@@H]23)CCN1CC(=O)CC(C)(C)C. The van der Waals surface area contributed by atoms with Crippen LogP contribution in [0.25, 0.3) is 0 Å². The molecule has 9 heteroatoms. The van der Waals surface area contributed by atoms with Gasteiger partial charge in [0, 0.05) is 51.9 Å². The Bertz CT molecular complexity index is 929. The highest BCUT2D eigenvalue weighted by Gasteiger charge is 2.49. The monoisotopic (exact) mass is 545 g/mol. The van der Waals surface area contributed by atoms with Gasteiger partial charge in [0.15, 0.2) is 0 Å². The van der Waals surface area contributed by atoms with Crippen molar-refractivity contribution in [3.63, 3.8) is 0 Å². The van der Waals surface area contributed by atoms with E-state index in [-0.39, 0.29) is 61.2 Å². The number of ether oxygens (including phenoxy) is 2. The zero-order valence-electron chi connectivity index (χ0n) is 24.4. The standard InChI is InChI=1S/C30H47N3O6/c1-21(2)28(36)38-19-22-17-33(15-14-32(22)18-23(34)16-30(3,4)5)27(35)12-13-31-29(37)39-20-26-24-10-8-6-7-9-11-25(24)26/h21-22,24-26H,8-20H2,1-5H3,(H,31,37)/t22?,24-,25+,26?. The zero-order valence-corrected chi connectivity index (χ0v) is 24.4. The molecule has 0 aromatic rings. The minimum absolute atomic E-state index is 0.0862. The van der Waals surface area contributed by atoms with E-state index in [0.29, 0.717) is 50.4 Å². The molecule has 3 aliphatic rings. The third kappa shape index (κ3) is 10.1. The molecule has 3 rings (SSSR count). The molecule has 1 aliphatic heterocycles. The van der Waals surface area contributed by atoms with Gasteiger partial charge in [-0.1, -0.05) is 34.6 Å². The first-order valence-corrected chi connectivity index (χ1v) is 14.5. The number of hydrogen-bond acceptors (Lipinski definition) is 7. The summed E-state index contributed by atoms with van der Waals surface area (Å²) in [6.45, 7) is 12.0. The second kappa shape index (κ2) is 14.2. The van der Waals surface area contributed by atoms with Crippen molar-refractivity contribution in [2.24, 2.45) is 29.1 Å². The van der Waals surface area contributed by atoms with Crippen molar-refractivity contribution in [3.8, 4) is 11.8 Å². The van der Waals surface area contributed by atoms with Gasteiger partial charge in [0.2, 0.25) is 5.91 Å². The largest absolute Gasteiger partial charge is 0.464 e. The molecule has 1 N–H and O–H groups in total. The lowest BCUT2D eigenvalue weighted by atomic mass is 9.89. The van der Waals surface area contributed by atoms with Crippen LogP contribution in [0.4, 0.5) is 4.79 Å². The van der Waals surface area contributed by atoms with Crippen LogP contribution in [0.1, 0.15) is 73.1 Å². The molecule has 39 heavy (non-hydrogen) atoms. The van der Waals surface area contributed by atoms with Crippen LogP contribution in [0.3, 0.4) is 0 Å². The van der Waals surface area contributed by atoms with Crippen molar-refractivity contribution in [1.82, 2.24) is 15.1 Å². The number of hydrogen-bond donors (Lipinski definition) is 1. The van der Waals surface area contributed by atoms with Crippen LogP contribution in [0.2, 0.25) is 0 Å². The van der Waals surface area contributed by atoms with Crippen molar-refractivity contribution in [2.45, 2.75) is 79.2 Å². The molecule has 0 aromatic carbocycles. The van der Waals surface area contributed by atoms with Gasteiger partial charge in [0.1, 0.15) is 12.4 Å². The predicted molar refractivity (Wildman–Crippen MR) is 147 cm³/mol. The number of nitrogens with one attached hydrogen (secondary N) is 1. The summed E-state index contributed by atoms with van der Waals surface area (Å²) in [5, 5.41) is 2.70. The Hall–Kier alpha value is -2.60. The van der Waals surface area contributed by atoms with E-state index in [4.69, 9.17) is 9.47 Å². The fourth-order valence-corrected chi connectivity index (χ4v) is 5.64. The van der Waals surface area contributed by atoms with Crippen LogP contribution < -0.4 is 5.32 Å². The number of alkyl carbamates (subject to hydrolysis) is 1. The average molecular weight is 546 g/mol. The molecule has 0 radical (unpaired) electrons. The van der Waals surface area contributed by atoms with Gasteiger partial charge in [0.25, 0.3) is 0 Å². The van der Waals surface area contributed by atoms with Gasteiger partial charge in [-0.25, -0.2) is 4.79 Å². The van der Waals surface area contributed by atoms with Crippen LogP contribution in [0.5, 0.6) is 0 Å². The Labute approximate surface area is 233 Å². The predicted octanol–water partition coefficient (Wildman–Crippen LogP) is 3.26. The third-order valence-electron chi connectivity index (χ3n) is 7.81. The normalized spacial score (nSPS) is 24.9. The van der Waals surface area contributed by atoms with E-state index in [9.17, 15) is 19.2 Å². The summed E-state index contributed by atoms with van der Waals surface area (Å²) in [5.74, 6) is 7.53. The van der Waals surface area contributed by atoms with Gasteiger partial charge >= 0.3 is 12.1 Å². The number of rotatable bonds is 11. The van der Waals surface area contributed by atoms with Crippen molar-refractivity contribution >= 4 is 23.8 Å². The summed E-state index contributed by atoms with van der Waals surface area (Å²) >= 11 is 0. The van der Waals surface area contributed by atoms with Gasteiger partial charge < -0.3 is 19.7 Å². The van der Waals surface area contributed by atoms with E-state index >= 15 is 0 Å². The molecular formula is C30H47N3O6. The highest BCUT2D eigenvalue weighted by atomic mass is 16.5. The maximum Gasteiger partial charge on any atom is 0.407 e. The highest BCUT2D eigenvalue weighted by Crippen LogP contribution is 2.52. The average Bonchev–Trinajstić information content (AvgIpc) is 3.49. The molecule has 2 aliphatic carbocycles. The number of carbonyl (C=O) groups is 4. The summed E-state index contributed by atoms with van der Waals surface area (Å²) < 4.78 is 10.9. The lowest BCUT2D eigenvalue weighted by Crippen LogP contribution is -2.57. The Morgan fingerprint density at radius 1 is 0.974 bits per heavy atom. The van der Waals surface area contributed by atoms with Gasteiger partial charge in [-0.15, -0.1) is 11.8 Å². The van der Waals surface area contributed by atoms with Crippen LogP contribution in [0, 0.1) is 40.9 Å². The number of ketones is 1. The number of amides is 2. The van der Waals surface area contributed by atoms with Crippen molar-refractivity contribution in [1.29, 1.82) is 0 Å². The molecule has 2 unspecified atom stereocenters. The van der Waals surface area contributed by atoms with E-state index < -0.39 is 6.09 Å². The number of fused-ring (bicyclic) bond motifs is 1. The van der Waals surface area contributed by atoms with Gasteiger partial charge in [-0.3, -0.25) is 19.3 Å². The first kappa shape index (κ1) is 30.9. The summed E-state index contributed by atoms with van der Waals surface area (Å²) in [7, 11) is 0. The van der Waals surface area contributed by atoms with Crippen molar-refractivity contribution in [2.75, 3.05) is 45.9 Å². The molecule has 1 saturated carbocycles. The maximum atomic E-state index is 12.9. The minimum atomic E-state index is -0.487. The summed E-state index contributed by atoms with van der Waals surface area (Å²) in [6, 6.07) is -0.256. The van der Waals surface area contributed by atoms with E-state index in [1.165, 1.54) is 0 Å². The van der Waals surface area contributed by atoms with E-state index in [1.54, 1.807) is 18.7 Å². The van der Waals surface area contributed by atoms with E-state index in [0.717, 1.165) is 25.7 Å². The molecule has 0 aromatic heterocycles. The summed E-state index contributed by atoms with van der Waals surface area (Å²) in [4.78, 5) is 53.6. The molecular weight excluding hydrogens is 498 g/mol. The molecule has 1 saturated heterocycles. The third-order valence-corrected chi connectivity index (χ3v) is 7.81. The Kier molecular flexibility index (Phi) is 11.2. The molecule has 1 heterocycles. The number of piperazine rings is 1. The molecule has 2 amide bonds. The second-order valence-corrected chi connectivity index (χ2v) is 12.7. The number of esters is 1. The smallest absolute Gasteiger partial charge is 0.407 e. The molecule has 2 fully saturated rings. The van der Waals surface area contributed by atoms with Crippen molar-refractivity contribution < 1.29 is 28.7 Å². The van der Waals surface area contributed by atoms with Crippen LogP contribution in [0.15, 0.2) is 0 Å². The Morgan fingerprint density at radius 3 is 2.26 bits per heavy atom. The second-order valence-electron chi connectivity index (χ2n) is 12.7.